The molecule has 1 saturated carbocycles. The third kappa shape index (κ3) is 2.08. The second-order valence-corrected chi connectivity index (χ2v) is 5.21. The van der Waals surface area contributed by atoms with Gasteiger partial charge in [-0.1, -0.05) is 6.42 Å². The molecule has 1 heterocycles. The lowest BCUT2D eigenvalue weighted by Gasteiger charge is -2.37. The van der Waals surface area contributed by atoms with Gasteiger partial charge < -0.3 is 4.74 Å². The van der Waals surface area contributed by atoms with Gasteiger partial charge in [0.25, 0.3) is 0 Å². The first-order valence-electron chi connectivity index (χ1n) is 6.41. The molecule has 98 valence electrons. The van der Waals surface area contributed by atoms with Crippen LogP contribution in [0, 0.1) is 5.92 Å². The lowest BCUT2D eigenvalue weighted by molar-refractivity contribution is -0.137. The second kappa shape index (κ2) is 4.18. The first-order valence-corrected chi connectivity index (χ1v) is 6.41. The van der Waals surface area contributed by atoms with Gasteiger partial charge in [-0.2, -0.15) is 13.2 Å². The maximum atomic E-state index is 12.6. The Morgan fingerprint density at radius 3 is 2.50 bits per heavy atom. The molecule has 18 heavy (non-hydrogen) atoms. The van der Waals surface area contributed by atoms with Gasteiger partial charge in [0.05, 0.1) is 5.56 Å². The third-order valence-corrected chi connectivity index (χ3v) is 4.04. The summed E-state index contributed by atoms with van der Waals surface area (Å²) in [6.45, 7) is 0. The minimum absolute atomic E-state index is 0.211. The first kappa shape index (κ1) is 11.9. The molecule has 0 amide bonds. The Labute approximate surface area is 104 Å². The monoisotopic (exact) mass is 256 g/mol. The number of ether oxygens (including phenoxy) is 1. The summed E-state index contributed by atoms with van der Waals surface area (Å²) < 4.78 is 43.6. The molecule has 0 radical (unpaired) electrons. The number of rotatable bonds is 1. The molecular formula is C14H15F3O. The maximum Gasteiger partial charge on any atom is 0.416 e. The van der Waals surface area contributed by atoms with Crippen LogP contribution in [0.5, 0.6) is 5.75 Å². The van der Waals surface area contributed by atoms with Crippen molar-refractivity contribution in [2.24, 2.45) is 5.92 Å². The van der Waals surface area contributed by atoms with Gasteiger partial charge in [0.2, 0.25) is 0 Å². The molecule has 2 aliphatic rings. The molecule has 4 heteroatoms. The van der Waals surface area contributed by atoms with Crippen molar-refractivity contribution < 1.29 is 17.9 Å². The highest BCUT2D eigenvalue weighted by Crippen LogP contribution is 2.40. The zero-order valence-corrected chi connectivity index (χ0v) is 9.96. The lowest BCUT2D eigenvalue weighted by Crippen LogP contribution is -2.34. The number of benzene rings is 1. The minimum Gasteiger partial charge on any atom is -0.490 e. The van der Waals surface area contributed by atoms with Crippen LogP contribution in [0.2, 0.25) is 0 Å². The third-order valence-electron chi connectivity index (χ3n) is 4.04. The van der Waals surface area contributed by atoms with Crippen molar-refractivity contribution in [3.63, 3.8) is 0 Å². The summed E-state index contributed by atoms with van der Waals surface area (Å²) in [6.07, 6.45) is 1.13. The minimum atomic E-state index is -4.26. The van der Waals surface area contributed by atoms with E-state index < -0.39 is 11.7 Å². The van der Waals surface area contributed by atoms with Gasteiger partial charge in [0.1, 0.15) is 11.9 Å². The molecule has 1 unspecified atom stereocenters. The molecule has 1 atom stereocenters. The topological polar surface area (TPSA) is 9.23 Å². The van der Waals surface area contributed by atoms with Crippen molar-refractivity contribution in [1.29, 1.82) is 0 Å². The van der Waals surface area contributed by atoms with Crippen LogP contribution in [-0.2, 0) is 12.6 Å². The molecule has 0 spiro atoms. The van der Waals surface area contributed by atoms with E-state index in [1.165, 1.54) is 31.4 Å². The Morgan fingerprint density at radius 1 is 1.11 bits per heavy atom. The van der Waals surface area contributed by atoms with Crippen molar-refractivity contribution in [3.05, 3.63) is 29.3 Å². The van der Waals surface area contributed by atoms with Crippen molar-refractivity contribution in [1.82, 2.24) is 0 Å². The van der Waals surface area contributed by atoms with E-state index in [1.54, 1.807) is 0 Å². The summed E-state index contributed by atoms with van der Waals surface area (Å²) in [5.74, 6) is 1.26. The van der Waals surface area contributed by atoms with E-state index in [4.69, 9.17) is 4.74 Å². The van der Waals surface area contributed by atoms with Crippen molar-refractivity contribution in [2.75, 3.05) is 0 Å². The van der Waals surface area contributed by atoms with E-state index in [9.17, 15) is 13.2 Å². The highest BCUT2D eigenvalue weighted by Gasteiger charge is 2.34. The van der Waals surface area contributed by atoms with Gasteiger partial charge in [-0.3, -0.25) is 0 Å². The van der Waals surface area contributed by atoms with E-state index in [2.05, 4.69) is 0 Å². The Balaban J connectivity index is 1.81. The molecule has 3 rings (SSSR count). The molecule has 1 aromatic carbocycles. The van der Waals surface area contributed by atoms with E-state index in [0.717, 1.165) is 12.5 Å². The summed E-state index contributed by atoms with van der Waals surface area (Å²) in [5, 5.41) is 0. The van der Waals surface area contributed by atoms with Crippen LogP contribution in [0.25, 0.3) is 0 Å². The second-order valence-electron chi connectivity index (χ2n) is 5.21. The van der Waals surface area contributed by atoms with Crippen LogP contribution in [0.3, 0.4) is 0 Å². The standard InChI is InChI=1S/C14H15F3O/c15-14(16,17)11-5-7-13-10(8-11)4-6-12(18-13)9-2-1-3-9/h5,7-9,12H,1-4,6H2. The molecule has 0 bridgehead atoms. The van der Waals surface area contributed by atoms with Crippen LogP contribution < -0.4 is 4.74 Å². The van der Waals surface area contributed by atoms with E-state index in [-0.39, 0.29) is 6.10 Å². The highest BCUT2D eigenvalue weighted by molar-refractivity contribution is 5.40. The van der Waals surface area contributed by atoms with Crippen LogP contribution in [0.15, 0.2) is 18.2 Å². The van der Waals surface area contributed by atoms with Gasteiger partial charge in [0.15, 0.2) is 0 Å². The van der Waals surface area contributed by atoms with E-state index >= 15 is 0 Å². The van der Waals surface area contributed by atoms with Crippen LogP contribution in [0.1, 0.15) is 36.8 Å². The van der Waals surface area contributed by atoms with Gasteiger partial charge in [-0.15, -0.1) is 0 Å². The van der Waals surface area contributed by atoms with Crippen molar-refractivity contribution in [2.45, 2.75) is 44.4 Å². The summed E-state index contributed by atoms with van der Waals surface area (Å²) >= 11 is 0. The lowest BCUT2D eigenvalue weighted by atomic mass is 9.78. The van der Waals surface area contributed by atoms with Gasteiger partial charge in [-0.05, 0) is 55.4 Å². The first-order chi connectivity index (χ1) is 8.54. The zero-order chi connectivity index (χ0) is 12.8. The molecule has 1 aromatic rings. The van der Waals surface area contributed by atoms with Crippen molar-refractivity contribution >= 4 is 0 Å². The van der Waals surface area contributed by atoms with Crippen LogP contribution >= 0.6 is 0 Å². The fourth-order valence-corrected chi connectivity index (χ4v) is 2.73. The predicted molar refractivity (Wildman–Crippen MR) is 61.5 cm³/mol. The quantitative estimate of drug-likeness (QED) is 0.731. The molecule has 0 saturated heterocycles. The van der Waals surface area contributed by atoms with Crippen LogP contribution in [-0.4, -0.2) is 6.10 Å². The Bertz CT molecular complexity index is 449. The Morgan fingerprint density at radius 2 is 1.89 bits per heavy atom. The molecule has 0 N–H and O–H groups in total. The van der Waals surface area contributed by atoms with Gasteiger partial charge >= 0.3 is 6.18 Å². The molecule has 1 nitrogen and oxygen atoms in total. The summed E-state index contributed by atoms with van der Waals surface area (Å²) in [6, 6.07) is 3.82. The van der Waals surface area contributed by atoms with Crippen molar-refractivity contribution in [3.8, 4) is 5.75 Å². The number of fused-ring (bicyclic) bond motifs is 1. The summed E-state index contributed by atoms with van der Waals surface area (Å²) in [4.78, 5) is 0. The largest absolute Gasteiger partial charge is 0.490 e. The number of hydrogen-bond acceptors (Lipinski definition) is 1. The average Bonchev–Trinajstić information content (AvgIpc) is 2.24. The fourth-order valence-electron chi connectivity index (χ4n) is 2.73. The number of halogens is 3. The Hall–Kier alpha value is -1.19. The Kier molecular flexibility index (Phi) is 2.76. The number of hydrogen-bond donors (Lipinski definition) is 0. The zero-order valence-electron chi connectivity index (χ0n) is 9.96. The maximum absolute atomic E-state index is 12.6. The number of aryl methyl sites for hydroxylation is 1. The average molecular weight is 256 g/mol. The van der Waals surface area contributed by atoms with Crippen LogP contribution in [0.4, 0.5) is 13.2 Å². The molecular weight excluding hydrogens is 241 g/mol. The summed E-state index contributed by atoms with van der Waals surface area (Å²) in [5.41, 5.74) is 0.118. The highest BCUT2D eigenvalue weighted by atomic mass is 19.4. The molecule has 1 fully saturated rings. The number of alkyl halides is 3. The summed E-state index contributed by atoms with van der Waals surface area (Å²) in [7, 11) is 0. The van der Waals surface area contributed by atoms with E-state index in [1.807, 2.05) is 0 Å². The predicted octanol–water partition coefficient (Wildman–Crippen LogP) is 4.20. The molecule has 0 aromatic heterocycles. The molecule has 1 aliphatic heterocycles. The fraction of sp³-hybridized carbons (Fsp3) is 0.571. The van der Waals surface area contributed by atoms with Gasteiger partial charge in [0, 0.05) is 0 Å². The van der Waals surface area contributed by atoms with Gasteiger partial charge in [-0.25, -0.2) is 0 Å². The molecule has 1 aliphatic carbocycles. The normalized spacial score (nSPS) is 24.1. The van der Waals surface area contributed by atoms with E-state index in [0.29, 0.717) is 23.7 Å². The SMILES string of the molecule is FC(F)(F)c1ccc2c(c1)CCC(C1CCC1)O2. The smallest absolute Gasteiger partial charge is 0.416 e.